The summed E-state index contributed by atoms with van der Waals surface area (Å²) < 4.78 is 73.8. The molecule has 0 atom stereocenters. The summed E-state index contributed by atoms with van der Waals surface area (Å²) in [5.74, 6) is 0. The summed E-state index contributed by atoms with van der Waals surface area (Å²) in [5.41, 5.74) is 4.06. The molecule has 2 aliphatic rings. The lowest BCUT2D eigenvalue weighted by molar-refractivity contribution is -0.138. The van der Waals surface area contributed by atoms with Crippen LogP contribution in [0.1, 0.15) is 61.3 Å². The first-order valence-electron chi connectivity index (χ1n) is 17.2. The zero-order valence-electron chi connectivity index (χ0n) is 30.3. The van der Waals surface area contributed by atoms with E-state index in [9.17, 15) is 35.9 Å². The van der Waals surface area contributed by atoms with E-state index in [1.807, 2.05) is 18.2 Å². The molecular weight excluding hydrogens is 833 g/mol. The molecule has 0 aliphatic carbocycles. The molecule has 18 heteroatoms. The van der Waals surface area contributed by atoms with E-state index in [1.54, 1.807) is 23.4 Å². The van der Waals surface area contributed by atoms with Crippen molar-refractivity contribution in [2.45, 2.75) is 52.9 Å². The number of aliphatic imine (C=N–C) groups is 1. The van der Waals surface area contributed by atoms with Crippen LogP contribution in [-0.2, 0) is 30.0 Å². The number of urea groups is 1. The molecule has 2 aromatic carbocycles. The number of hydrogen-bond donors (Lipinski definition) is 2. The molecule has 316 valence electrons. The van der Waals surface area contributed by atoms with E-state index >= 15 is 0 Å². The fourth-order valence-electron chi connectivity index (χ4n) is 5.43. The van der Waals surface area contributed by atoms with Crippen LogP contribution in [0.25, 0.3) is 11.1 Å². The molecule has 0 fully saturated rings. The SMILES string of the molecule is C.C.N#CCc1cnc(C2=CCN(C(=O)Nc3ccc(C(F)(F)F)cc3)CC2)c(Cl)c1.N#CCc1cnc(C2=CCNCC2)c(Cl)c1.O=C=Nc1ccc(C(F)(F)F)cc1. The highest BCUT2D eigenvalue weighted by Crippen LogP contribution is 2.32. The van der Waals surface area contributed by atoms with Gasteiger partial charge >= 0.3 is 18.4 Å². The molecule has 6 rings (SSSR count). The van der Waals surface area contributed by atoms with Crippen LogP contribution in [0.3, 0.4) is 0 Å². The van der Waals surface area contributed by atoms with Gasteiger partial charge in [-0.05, 0) is 102 Å². The molecule has 2 amide bonds. The van der Waals surface area contributed by atoms with Crippen LogP contribution in [0.15, 0.2) is 90.2 Å². The van der Waals surface area contributed by atoms with E-state index in [1.165, 1.54) is 23.8 Å². The number of alkyl halides is 6. The maximum absolute atomic E-state index is 12.6. The summed E-state index contributed by atoms with van der Waals surface area (Å²) in [6.07, 6.45) is 1.81. The third kappa shape index (κ3) is 15.0. The minimum absolute atomic E-state index is 0. The Balaban J connectivity index is 0.000000338. The number of benzene rings is 2. The lowest BCUT2D eigenvalue weighted by Crippen LogP contribution is -2.38. The van der Waals surface area contributed by atoms with Crippen molar-refractivity contribution in [1.29, 1.82) is 10.5 Å². The Morgan fingerprint density at radius 3 is 1.70 bits per heavy atom. The molecule has 0 bridgehead atoms. The normalized spacial score (nSPS) is 13.3. The summed E-state index contributed by atoms with van der Waals surface area (Å²) in [6, 6.07) is 15.5. The molecule has 4 aromatic rings. The van der Waals surface area contributed by atoms with Crippen LogP contribution in [0.4, 0.5) is 42.5 Å². The average Bonchev–Trinajstić information content (AvgIpc) is 3.19. The highest BCUT2D eigenvalue weighted by Gasteiger charge is 2.31. The fourth-order valence-corrected chi connectivity index (χ4v) is 6.05. The van der Waals surface area contributed by atoms with Gasteiger partial charge in [0.05, 0.1) is 63.2 Å². The zero-order valence-corrected chi connectivity index (χ0v) is 31.8. The van der Waals surface area contributed by atoms with Gasteiger partial charge in [0.2, 0.25) is 6.08 Å². The van der Waals surface area contributed by atoms with E-state index in [0.29, 0.717) is 41.7 Å². The maximum atomic E-state index is 12.6. The highest BCUT2D eigenvalue weighted by atomic mass is 35.5. The first-order chi connectivity index (χ1) is 27.6. The van der Waals surface area contributed by atoms with E-state index in [-0.39, 0.29) is 32.6 Å². The molecule has 10 nitrogen and oxygen atoms in total. The third-order valence-corrected chi connectivity index (χ3v) is 8.94. The quantitative estimate of drug-likeness (QED) is 0.111. The van der Waals surface area contributed by atoms with Gasteiger partial charge in [0.1, 0.15) is 0 Å². The van der Waals surface area contributed by atoms with Crippen molar-refractivity contribution in [2.75, 3.05) is 31.5 Å². The number of isocyanates is 1. The summed E-state index contributed by atoms with van der Waals surface area (Å²) in [6.45, 7) is 2.56. The smallest absolute Gasteiger partial charge is 0.320 e. The first kappa shape index (κ1) is 50.1. The number of anilines is 1. The Morgan fingerprint density at radius 1 is 0.800 bits per heavy atom. The molecule has 0 saturated heterocycles. The summed E-state index contributed by atoms with van der Waals surface area (Å²) in [7, 11) is 0. The van der Waals surface area contributed by atoms with Crippen LogP contribution < -0.4 is 10.6 Å². The van der Waals surface area contributed by atoms with Crippen molar-refractivity contribution in [1.82, 2.24) is 20.2 Å². The van der Waals surface area contributed by atoms with Gasteiger partial charge in [-0.1, -0.05) is 50.2 Å². The number of amides is 2. The number of halogens is 8. The van der Waals surface area contributed by atoms with Crippen LogP contribution in [0.5, 0.6) is 0 Å². The van der Waals surface area contributed by atoms with Crippen molar-refractivity contribution >= 4 is 57.8 Å². The number of nitriles is 2. The van der Waals surface area contributed by atoms with Gasteiger partial charge in [0.15, 0.2) is 0 Å². The Morgan fingerprint density at radius 2 is 1.30 bits per heavy atom. The summed E-state index contributed by atoms with van der Waals surface area (Å²) in [4.78, 5) is 35.5. The second kappa shape index (κ2) is 23.5. The lowest BCUT2D eigenvalue weighted by atomic mass is 10.0. The molecule has 60 heavy (non-hydrogen) atoms. The molecule has 2 aromatic heterocycles. The van der Waals surface area contributed by atoms with Gasteiger partial charge in [-0.3, -0.25) is 9.97 Å². The van der Waals surface area contributed by atoms with Gasteiger partial charge in [0.25, 0.3) is 0 Å². The number of nitrogens with one attached hydrogen (secondary N) is 2. The molecule has 0 radical (unpaired) electrons. The number of aromatic nitrogens is 2. The van der Waals surface area contributed by atoms with Crippen molar-refractivity contribution < 1.29 is 35.9 Å². The molecule has 0 unspecified atom stereocenters. The second-order valence-electron chi connectivity index (χ2n) is 12.4. The van der Waals surface area contributed by atoms with E-state index in [4.69, 9.17) is 33.7 Å². The Bertz CT molecular complexity index is 2260. The Kier molecular flexibility index (Phi) is 19.7. The van der Waals surface area contributed by atoms with Gasteiger partial charge < -0.3 is 15.5 Å². The predicted octanol–water partition coefficient (Wildman–Crippen LogP) is 11.3. The minimum Gasteiger partial charge on any atom is -0.320 e. The van der Waals surface area contributed by atoms with Crippen molar-refractivity contribution in [2.24, 2.45) is 4.99 Å². The molecular formula is C42H40Cl2F6N8O2. The highest BCUT2D eigenvalue weighted by molar-refractivity contribution is 6.32. The Labute approximate surface area is 353 Å². The minimum atomic E-state index is -4.42. The lowest BCUT2D eigenvalue weighted by Gasteiger charge is -2.27. The van der Waals surface area contributed by atoms with Gasteiger partial charge in [-0.2, -0.15) is 41.9 Å². The summed E-state index contributed by atoms with van der Waals surface area (Å²) >= 11 is 12.4. The topological polar surface area (TPSA) is 147 Å². The van der Waals surface area contributed by atoms with Gasteiger partial charge in [-0.25, -0.2) is 9.59 Å². The van der Waals surface area contributed by atoms with Crippen molar-refractivity contribution in [3.05, 3.63) is 129 Å². The monoisotopic (exact) mass is 872 g/mol. The second-order valence-corrected chi connectivity index (χ2v) is 13.2. The molecule has 2 aliphatic heterocycles. The average molecular weight is 874 g/mol. The van der Waals surface area contributed by atoms with E-state index in [0.717, 1.165) is 78.3 Å². The molecule has 4 heterocycles. The standard InChI is InChI=1S/C20H16ClF3N4O.C12H12ClN3.C8H4F3NO.2CH4/c21-17-11-13(5-8-25)12-26-18(17)14-6-9-28(10-7-14)19(29)27-16-3-1-15(2-4-16)20(22,23)24;13-11-7-9(1-4-14)8-16-12(11)10-2-5-15-6-3-10;9-8(10,11)6-1-3-7(4-2-6)12-5-13;;/h1-4,6,11-12H,5,7,9-10H2,(H,27,29);2,7-8,15H,1,3,5-6H2;1-4H;2*1H4. The fraction of sp³-hybridized carbons (Fsp3) is 0.286. The molecule has 2 N–H and O–H groups in total. The van der Waals surface area contributed by atoms with E-state index in [2.05, 4.69) is 37.7 Å². The Hall–Kier alpha value is -6.03. The first-order valence-corrected chi connectivity index (χ1v) is 18.0. The van der Waals surface area contributed by atoms with Crippen molar-refractivity contribution in [3.63, 3.8) is 0 Å². The zero-order chi connectivity index (χ0) is 42.3. The number of carbonyl (C=O) groups excluding carboxylic acids is 2. The van der Waals surface area contributed by atoms with Crippen LogP contribution in [-0.4, -0.2) is 53.2 Å². The number of hydrogen-bond acceptors (Lipinski definition) is 8. The van der Waals surface area contributed by atoms with Gasteiger partial charge in [-0.15, -0.1) is 0 Å². The summed E-state index contributed by atoms with van der Waals surface area (Å²) in [5, 5.41) is 24.3. The van der Waals surface area contributed by atoms with Crippen LogP contribution in [0, 0.1) is 22.7 Å². The number of carbonyl (C=O) groups is 1. The number of rotatable bonds is 6. The maximum Gasteiger partial charge on any atom is 0.416 e. The van der Waals surface area contributed by atoms with Crippen LogP contribution in [0.2, 0.25) is 10.0 Å². The number of pyridine rings is 2. The van der Waals surface area contributed by atoms with E-state index < -0.39 is 29.5 Å². The van der Waals surface area contributed by atoms with Gasteiger partial charge in [0, 0.05) is 37.7 Å². The predicted molar refractivity (Wildman–Crippen MR) is 220 cm³/mol. The van der Waals surface area contributed by atoms with Crippen molar-refractivity contribution in [3.8, 4) is 12.1 Å². The molecule has 0 saturated carbocycles. The van der Waals surface area contributed by atoms with Crippen LogP contribution >= 0.6 is 23.2 Å². The molecule has 0 spiro atoms. The number of nitrogens with zero attached hydrogens (tertiary/aromatic N) is 6. The third-order valence-electron chi connectivity index (χ3n) is 8.36. The largest absolute Gasteiger partial charge is 0.416 e.